The smallest absolute Gasteiger partial charge is 0.224 e. The summed E-state index contributed by atoms with van der Waals surface area (Å²) in [7, 11) is 0. The molecule has 0 saturated carbocycles. The summed E-state index contributed by atoms with van der Waals surface area (Å²) in [4.78, 5) is 29.1. The quantitative estimate of drug-likeness (QED) is 0.485. The number of nitrogens with zero attached hydrogens (tertiary/aromatic N) is 2. The molecule has 0 aliphatic carbocycles. The molecule has 2 rings (SSSR count). The molecule has 0 radical (unpaired) electrons. The van der Waals surface area contributed by atoms with Gasteiger partial charge in [-0.05, 0) is 48.4 Å². The summed E-state index contributed by atoms with van der Waals surface area (Å²) >= 11 is 0. The number of piperazine rings is 1. The van der Waals surface area contributed by atoms with Gasteiger partial charge in [0.2, 0.25) is 11.8 Å². The Bertz CT molecular complexity index is 686. The van der Waals surface area contributed by atoms with Crippen LogP contribution in [0.2, 0.25) is 0 Å². The lowest BCUT2D eigenvalue weighted by atomic mass is 9.84. The van der Waals surface area contributed by atoms with Crippen molar-refractivity contribution in [2.24, 2.45) is 11.3 Å². The van der Waals surface area contributed by atoms with Gasteiger partial charge in [0.05, 0.1) is 0 Å². The van der Waals surface area contributed by atoms with Crippen LogP contribution >= 0.6 is 0 Å². The average Bonchev–Trinajstić information content (AvgIpc) is 2.70. The summed E-state index contributed by atoms with van der Waals surface area (Å²) < 4.78 is 0. The molecule has 31 heavy (non-hydrogen) atoms. The zero-order valence-corrected chi connectivity index (χ0v) is 20.4. The van der Waals surface area contributed by atoms with E-state index in [1.54, 1.807) is 0 Å². The van der Waals surface area contributed by atoms with Gasteiger partial charge in [0.25, 0.3) is 0 Å². The molecule has 1 fully saturated rings. The largest absolute Gasteiger partial charge is 0.368 e. The first kappa shape index (κ1) is 25.2. The minimum atomic E-state index is 0.0941. The van der Waals surface area contributed by atoms with Gasteiger partial charge in [0.1, 0.15) is 0 Å². The lowest BCUT2D eigenvalue weighted by molar-refractivity contribution is -0.132. The Kier molecular flexibility index (Phi) is 9.86. The lowest BCUT2D eigenvalue weighted by Gasteiger charge is -2.37. The molecule has 174 valence electrons. The van der Waals surface area contributed by atoms with Crippen molar-refractivity contribution in [3.8, 4) is 0 Å². The highest BCUT2D eigenvalue weighted by Gasteiger charge is 2.24. The summed E-state index contributed by atoms with van der Waals surface area (Å²) in [5, 5.41) is 2.99. The Morgan fingerprint density at radius 1 is 1.00 bits per heavy atom. The molecule has 0 unspecified atom stereocenters. The van der Waals surface area contributed by atoms with Crippen LogP contribution in [0, 0.1) is 11.3 Å². The van der Waals surface area contributed by atoms with Gasteiger partial charge < -0.3 is 15.1 Å². The highest BCUT2D eigenvalue weighted by Crippen LogP contribution is 2.27. The third-order valence-corrected chi connectivity index (χ3v) is 5.89. The van der Waals surface area contributed by atoms with Crippen molar-refractivity contribution in [3.63, 3.8) is 0 Å². The summed E-state index contributed by atoms with van der Waals surface area (Å²) in [6.07, 6.45) is 6.75. The van der Waals surface area contributed by atoms with E-state index < -0.39 is 0 Å². The molecular weight excluding hydrogens is 386 g/mol. The normalized spacial score (nSPS) is 15.6. The number of anilines is 2. The maximum atomic E-state index is 12.7. The SMILES string of the molecule is CCCCCCC(=O)Nc1ccc(N2CCN(C(=O)C[C@@H](C)CC(C)(C)C)CC2)cc1. The third-order valence-electron chi connectivity index (χ3n) is 5.89. The fraction of sp³-hybridized carbons (Fsp3) is 0.692. The standard InChI is InChI=1S/C26H43N3O2/c1-6-7-8-9-10-24(30)27-22-11-13-23(14-12-22)28-15-17-29(18-16-28)25(31)19-21(2)20-26(3,4)5/h11-14,21H,6-10,15-20H2,1-5H3,(H,27,30)/t21-/m1/s1. The molecule has 5 heteroatoms. The van der Waals surface area contributed by atoms with Gasteiger partial charge in [-0.2, -0.15) is 0 Å². The molecule has 2 amide bonds. The van der Waals surface area contributed by atoms with Gasteiger partial charge in [-0.15, -0.1) is 0 Å². The molecule has 1 saturated heterocycles. The first-order valence-electron chi connectivity index (χ1n) is 12.1. The van der Waals surface area contributed by atoms with Crippen molar-refractivity contribution in [1.82, 2.24) is 4.90 Å². The number of hydrogen-bond acceptors (Lipinski definition) is 3. The number of rotatable bonds is 10. The van der Waals surface area contributed by atoms with E-state index >= 15 is 0 Å². The maximum Gasteiger partial charge on any atom is 0.224 e. The fourth-order valence-corrected chi connectivity index (χ4v) is 4.45. The predicted octanol–water partition coefficient (Wildman–Crippen LogP) is 5.71. The van der Waals surface area contributed by atoms with Gasteiger partial charge >= 0.3 is 0 Å². The number of amides is 2. The van der Waals surface area contributed by atoms with E-state index in [0.717, 1.165) is 56.8 Å². The molecule has 1 aromatic carbocycles. The van der Waals surface area contributed by atoms with Crippen molar-refractivity contribution < 1.29 is 9.59 Å². The molecule has 1 aromatic rings. The highest BCUT2D eigenvalue weighted by atomic mass is 16.2. The highest BCUT2D eigenvalue weighted by molar-refractivity contribution is 5.90. The second-order valence-electron chi connectivity index (χ2n) is 10.3. The van der Waals surface area contributed by atoms with Crippen LogP contribution < -0.4 is 10.2 Å². The molecule has 0 bridgehead atoms. The Hall–Kier alpha value is -2.04. The summed E-state index contributed by atoms with van der Waals surface area (Å²) in [5.74, 6) is 0.796. The van der Waals surface area contributed by atoms with Crippen LogP contribution in [0.15, 0.2) is 24.3 Å². The van der Waals surface area contributed by atoms with E-state index in [1.807, 2.05) is 17.0 Å². The molecule has 1 heterocycles. The molecule has 1 aliphatic rings. The Labute approximate surface area is 189 Å². The Balaban J connectivity index is 1.76. The summed E-state index contributed by atoms with van der Waals surface area (Å²) in [5.41, 5.74) is 2.26. The molecular formula is C26H43N3O2. The van der Waals surface area contributed by atoms with Crippen LogP contribution in [0.5, 0.6) is 0 Å². The van der Waals surface area contributed by atoms with E-state index in [0.29, 0.717) is 18.8 Å². The molecule has 0 aromatic heterocycles. The number of benzene rings is 1. The zero-order chi connectivity index (χ0) is 22.9. The lowest BCUT2D eigenvalue weighted by Crippen LogP contribution is -2.49. The number of carbonyl (C=O) groups is 2. The fourth-order valence-electron chi connectivity index (χ4n) is 4.45. The minimum absolute atomic E-state index is 0.0941. The van der Waals surface area contributed by atoms with Crippen molar-refractivity contribution in [2.75, 3.05) is 36.4 Å². The minimum Gasteiger partial charge on any atom is -0.368 e. The predicted molar refractivity (Wildman–Crippen MR) is 130 cm³/mol. The second-order valence-corrected chi connectivity index (χ2v) is 10.3. The number of unbranched alkanes of at least 4 members (excludes halogenated alkanes) is 3. The molecule has 1 atom stereocenters. The summed E-state index contributed by atoms with van der Waals surface area (Å²) in [6, 6.07) is 8.08. The van der Waals surface area contributed by atoms with Crippen molar-refractivity contribution in [2.45, 2.75) is 79.6 Å². The topological polar surface area (TPSA) is 52.7 Å². The zero-order valence-electron chi connectivity index (χ0n) is 20.4. The Morgan fingerprint density at radius 3 is 2.23 bits per heavy atom. The van der Waals surface area contributed by atoms with Crippen molar-refractivity contribution in [3.05, 3.63) is 24.3 Å². The van der Waals surface area contributed by atoms with Crippen molar-refractivity contribution in [1.29, 1.82) is 0 Å². The third kappa shape index (κ3) is 9.32. The van der Waals surface area contributed by atoms with Gasteiger partial charge in [0.15, 0.2) is 0 Å². The van der Waals surface area contributed by atoms with Crippen LogP contribution in [0.3, 0.4) is 0 Å². The van der Waals surface area contributed by atoms with Crippen LogP contribution in [-0.4, -0.2) is 42.9 Å². The van der Waals surface area contributed by atoms with Crippen LogP contribution in [0.25, 0.3) is 0 Å². The first-order chi connectivity index (χ1) is 14.7. The van der Waals surface area contributed by atoms with E-state index in [4.69, 9.17) is 0 Å². The van der Waals surface area contributed by atoms with Crippen LogP contribution in [0.4, 0.5) is 11.4 Å². The maximum absolute atomic E-state index is 12.7. The first-order valence-corrected chi connectivity index (χ1v) is 12.1. The van der Waals surface area contributed by atoms with Crippen LogP contribution in [0.1, 0.15) is 79.6 Å². The van der Waals surface area contributed by atoms with Gasteiger partial charge in [0, 0.05) is 50.4 Å². The second kappa shape index (κ2) is 12.1. The van der Waals surface area contributed by atoms with E-state index in [2.05, 4.69) is 57.0 Å². The number of hydrogen-bond donors (Lipinski definition) is 1. The Morgan fingerprint density at radius 2 is 1.65 bits per heavy atom. The van der Waals surface area contributed by atoms with E-state index in [9.17, 15) is 9.59 Å². The van der Waals surface area contributed by atoms with E-state index in [-0.39, 0.29) is 17.2 Å². The number of nitrogens with one attached hydrogen (secondary N) is 1. The van der Waals surface area contributed by atoms with Gasteiger partial charge in [-0.1, -0.05) is 53.9 Å². The number of carbonyl (C=O) groups excluding carboxylic acids is 2. The van der Waals surface area contributed by atoms with Crippen LogP contribution in [-0.2, 0) is 9.59 Å². The average molecular weight is 430 g/mol. The van der Waals surface area contributed by atoms with Gasteiger partial charge in [-0.3, -0.25) is 9.59 Å². The molecule has 5 nitrogen and oxygen atoms in total. The molecule has 1 N–H and O–H groups in total. The molecule has 0 spiro atoms. The van der Waals surface area contributed by atoms with Crippen molar-refractivity contribution >= 4 is 23.2 Å². The molecule has 1 aliphatic heterocycles. The monoisotopic (exact) mass is 429 g/mol. The summed E-state index contributed by atoms with van der Waals surface area (Å²) in [6.45, 7) is 14.3. The van der Waals surface area contributed by atoms with E-state index in [1.165, 1.54) is 12.8 Å². The van der Waals surface area contributed by atoms with Gasteiger partial charge in [-0.25, -0.2) is 0 Å².